The molecule has 0 amide bonds. The van der Waals surface area contributed by atoms with Gasteiger partial charge in [-0.1, -0.05) is 97.5 Å². The molecule has 0 aromatic heterocycles. The van der Waals surface area contributed by atoms with Gasteiger partial charge in [-0.15, -0.1) is 0 Å². The summed E-state index contributed by atoms with van der Waals surface area (Å²) in [4.78, 5) is 0.134. The molecule has 33 heavy (non-hydrogen) atoms. The van der Waals surface area contributed by atoms with Gasteiger partial charge in [-0.3, -0.25) is 0 Å². The molecule has 0 unspecified atom stereocenters. The Morgan fingerprint density at radius 2 is 1.15 bits per heavy atom. The van der Waals surface area contributed by atoms with Gasteiger partial charge in [0, 0.05) is 0 Å². The van der Waals surface area contributed by atoms with Crippen LogP contribution in [0.2, 0.25) is 6.55 Å². The zero-order valence-electron chi connectivity index (χ0n) is 18.5. The van der Waals surface area contributed by atoms with Gasteiger partial charge in [-0.05, 0) is 40.2 Å². The Morgan fingerprint density at radius 3 is 1.61 bits per heavy atom. The van der Waals surface area contributed by atoms with Crippen molar-refractivity contribution in [2.45, 2.75) is 11.4 Å². The zero-order chi connectivity index (χ0) is 23.3. The molecule has 0 heterocycles. The lowest BCUT2D eigenvalue weighted by atomic mass is 10.2. The van der Waals surface area contributed by atoms with E-state index in [9.17, 15) is 8.42 Å². The first-order valence-corrected chi connectivity index (χ1v) is 14.5. The maximum Gasteiger partial charge on any atom is 0.282 e. The predicted octanol–water partition coefficient (Wildman–Crippen LogP) is 4.31. The lowest BCUT2D eigenvalue weighted by Gasteiger charge is -2.30. The van der Waals surface area contributed by atoms with Crippen LogP contribution < -0.4 is 15.1 Å². The highest BCUT2D eigenvalue weighted by atomic mass is 32.2. The Kier molecular flexibility index (Phi) is 6.58. The Bertz CT molecular complexity index is 1300. The van der Waals surface area contributed by atoms with Crippen LogP contribution in [0.4, 0.5) is 0 Å². The lowest BCUT2D eigenvalue weighted by Crippen LogP contribution is -2.62. The van der Waals surface area contributed by atoms with E-state index >= 15 is 0 Å². The number of rotatable bonds is 7. The third kappa shape index (κ3) is 4.67. The van der Waals surface area contributed by atoms with Crippen molar-refractivity contribution >= 4 is 33.8 Å². The van der Waals surface area contributed by atoms with Gasteiger partial charge in [-0.25, -0.2) is 0 Å². The summed E-state index contributed by atoms with van der Waals surface area (Å²) in [6, 6.07) is 36.1. The van der Waals surface area contributed by atoms with E-state index in [1.54, 1.807) is 19.2 Å². The molecule has 0 bridgehead atoms. The summed E-state index contributed by atoms with van der Waals surface area (Å²) in [5.41, 5.74) is 0.802. The molecule has 4 rings (SSSR count). The molecular formula is C27H25NO3SSi. The van der Waals surface area contributed by atoms with E-state index in [-0.39, 0.29) is 4.90 Å². The smallest absolute Gasteiger partial charge is 0.282 e. The molecular weight excluding hydrogens is 446 g/mol. The van der Waals surface area contributed by atoms with Gasteiger partial charge >= 0.3 is 0 Å². The van der Waals surface area contributed by atoms with Crippen molar-refractivity contribution in [2.24, 2.45) is 4.40 Å². The first kappa shape index (κ1) is 22.7. The first-order valence-electron chi connectivity index (χ1n) is 10.6. The minimum atomic E-state index is -3.96. The van der Waals surface area contributed by atoms with E-state index in [1.807, 2.05) is 66.7 Å². The van der Waals surface area contributed by atoms with E-state index in [1.165, 1.54) is 12.1 Å². The van der Waals surface area contributed by atoms with Crippen LogP contribution in [0.25, 0.3) is 0 Å². The SMILES string of the molecule is COc1ccc(S(=O)(=O)/N=C(\c2ccccc2)[Si](C)(c2ccccc2)c2ccccc2)cc1. The molecule has 0 aliphatic carbocycles. The highest BCUT2D eigenvalue weighted by molar-refractivity contribution is 7.90. The van der Waals surface area contributed by atoms with Crippen LogP contribution in [-0.2, 0) is 10.0 Å². The standard InChI is InChI=1S/C27H25NO3SSi/c1-31-23-18-20-24(21-19-23)32(29,30)28-27(22-12-6-3-7-13-22)33(2,25-14-8-4-9-15-25)26-16-10-5-11-17-26/h3-21H,1-2H3/b28-27+. The van der Waals surface area contributed by atoms with Crippen molar-refractivity contribution < 1.29 is 13.2 Å². The first-order chi connectivity index (χ1) is 15.9. The van der Waals surface area contributed by atoms with E-state index in [2.05, 4.69) is 35.2 Å². The third-order valence-corrected chi connectivity index (χ3v) is 11.6. The summed E-state index contributed by atoms with van der Waals surface area (Å²) < 4.78 is 36.8. The van der Waals surface area contributed by atoms with Gasteiger partial charge in [0.05, 0.1) is 17.3 Å². The number of nitrogens with zero attached hydrogens (tertiary/aromatic N) is 1. The van der Waals surface area contributed by atoms with Gasteiger partial charge in [0.25, 0.3) is 10.0 Å². The predicted molar refractivity (Wildman–Crippen MR) is 137 cm³/mol. The molecule has 0 atom stereocenters. The molecule has 0 spiro atoms. The number of benzene rings is 4. The largest absolute Gasteiger partial charge is 0.497 e. The summed E-state index contributed by atoms with van der Waals surface area (Å²) >= 11 is 0. The van der Waals surface area contributed by atoms with Crippen molar-refractivity contribution in [2.75, 3.05) is 7.11 Å². The molecule has 6 heteroatoms. The van der Waals surface area contributed by atoms with Gasteiger partial charge in [-0.2, -0.15) is 12.8 Å². The maximum absolute atomic E-state index is 13.5. The van der Waals surface area contributed by atoms with E-state index in [0.29, 0.717) is 11.1 Å². The molecule has 0 saturated heterocycles. The molecule has 0 aliphatic heterocycles. The topological polar surface area (TPSA) is 55.7 Å². The molecule has 0 radical (unpaired) electrons. The molecule has 166 valence electrons. The van der Waals surface area contributed by atoms with Gasteiger partial charge in [0.2, 0.25) is 0 Å². The Labute approximate surface area is 196 Å². The van der Waals surface area contributed by atoms with Gasteiger partial charge in [0.1, 0.15) is 5.75 Å². The van der Waals surface area contributed by atoms with Crippen molar-refractivity contribution in [3.63, 3.8) is 0 Å². The van der Waals surface area contributed by atoms with Crippen molar-refractivity contribution in [1.82, 2.24) is 0 Å². The number of methoxy groups -OCH3 is 1. The zero-order valence-corrected chi connectivity index (χ0v) is 20.4. The van der Waals surface area contributed by atoms with Crippen LogP contribution >= 0.6 is 0 Å². The van der Waals surface area contributed by atoms with E-state index in [0.717, 1.165) is 15.9 Å². The van der Waals surface area contributed by atoms with E-state index in [4.69, 9.17) is 4.74 Å². The highest BCUT2D eigenvalue weighted by Crippen LogP contribution is 2.22. The van der Waals surface area contributed by atoms with Crippen LogP contribution in [-0.4, -0.2) is 28.9 Å². The third-order valence-electron chi connectivity index (χ3n) is 5.79. The number of hydrogen-bond donors (Lipinski definition) is 0. The van der Waals surface area contributed by atoms with Crippen molar-refractivity contribution in [3.8, 4) is 5.75 Å². The fourth-order valence-corrected chi connectivity index (χ4v) is 9.30. The summed E-state index contributed by atoms with van der Waals surface area (Å²) in [6.07, 6.45) is 0. The summed E-state index contributed by atoms with van der Waals surface area (Å²) in [6.45, 7) is 2.16. The fourth-order valence-electron chi connectivity index (χ4n) is 3.93. The minimum Gasteiger partial charge on any atom is -0.497 e. The highest BCUT2D eigenvalue weighted by Gasteiger charge is 2.39. The second-order valence-corrected chi connectivity index (χ2v) is 13.3. The molecule has 4 aromatic carbocycles. The van der Waals surface area contributed by atoms with Crippen LogP contribution in [0, 0.1) is 0 Å². The molecule has 0 saturated carbocycles. The Morgan fingerprint density at radius 1 is 0.697 bits per heavy atom. The minimum absolute atomic E-state index is 0.134. The molecule has 0 fully saturated rings. The maximum atomic E-state index is 13.5. The lowest BCUT2D eigenvalue weighted by molar-refractivity contribution is 0.414. The Hall–Kier alpha value is -3.48. The van der Waals surface area contributed by atoms with Crippen LogP contribution in [0.5, 0.6) is 5.75 Å². The summed E-state index contributed by atoms with van der Waals surface area (Å²) in [5, 5.41) is 2.77. The second-order valence-electron chi connectivity index (χ2n) is 7.81. The second kappa shape index (κ2) is 9.56. The normalized spacial score (nSPS) is 12.4. The molecule has 4 nitrogen and oxygen atoms in total. The van der Waals surface area contributed by atoms with Crippen LogP contribution in [0.15, 0.2) is 125 Å². The quantitative estimate of drug-likeness (QED) is 0.298. The van der Waals surface area contributed by atoms with Gasteiger partial charge < -0.3 is 4.74 Å². The van der Waals surface area contributed by atoms with Gasteiger partial charge in [0.15, 0.2) is 8.07 Å². The van der Waals surface area contributed by atoms with Crippen molar-refractivity contribution in [3.05, 3.63) is 121 Å². The Balaban J connectivity index is 2.00. The average Bonchev–Trinajstić information content (AvgIpc) is 2.88. The summed E-state index contributed by atoms with van der Waals surface area (Å²) in [7, 11) is -5.20. The molecule has 4 aromatic rings. The summed E-state index contributed by atoms with van der Waals surface area (Å²) in [5.74, 6) is 0.592. The van der Waals surface area contributed by atoms with E-state index < -0.39 is 18.1 Å². The van der Waals surface area contributed by atoms with Crippen molar-refractivity contribution in [1.29, 1.82) is 0 Å². The number of ether oxygens (including phenoxy) is 1. The average molecular weight is 472 g/mol. The van der Waals surface area contributed by atoms with Crippen LogP contribution in [0.1, 0.15) is 5.56 Å². The fraction of sp³-hybridized carbons (Fsp3) is 0.0741. The molecule has 0 N–H and O–H groups in total. The molecule has 0 aliphatic rings. The van der Waals surface area contributed by atoms with Crippen LogP contribution in [0.3, 0.4) is 0 Å². The number of sulfonamides is 1. The number of hydrogen-bond acceptors (Lipinski definition) is 3. The monoisotopic (exact) mass is 471 g/mol.